The predicted octanol–water partition coefficient (Wildman–Crippen LogP) is -0.494. The minimum Gasteiger partial charge on any atom is -0.480 e. The smallest absolute Gasteiger partial charge is 0.326 e. The molecule has 0 aromatic heterocycles. The molecule has 4 unspecified atom stereocenters. The number of hydrogen-bond acceptors (Lipinski definition) is 6. The zero-order valence-corrected chi connectivity index (χ0v) is 17.2. The van der Waals surface area contributed by atoms with Gasteiger partial charge < -0.3 is 26.8 Å². The van der Waals surface area contributed by atoms with Gasteiger partial charge in [-0.1, -0.05) is 34.1 Å². The largest absolute Gasteiger partial charge is 0.480 e. The van der Waals surface area contributed by atoms with Gasteiger partial charge in [0.05, 0.1) is 6.54 Å². The van der Waals surface area contributed by atoms with Crippen LogP contribution < -0.4 is 21.7 Å². The molecule has 0 aliphatic rings. The zero-order chi connectivity index (χ0) is 21.1. The molecule has 9 nitrogen and oxygen atoms in total. The van der Waals surface area contributed by atoms with Crippen molar-refractivity contribution in [2.45, 2.75) is 58.7 Å². The molecule has 156 valence electrons. The van der Waals surface area contributed by atoms with E-state index in [2.05, 4.69) is 28.6 Å². The fraction of sp³-hybridized carbons (Fsp3) is 0.765. The van der Waals surface area contributed by atoms with Gasteiger partial charge in [0.2, 0.25) is 17.7 Å². The van der Waals surface area contributed by atoms with Gasteiger partial charge >= 0.3 is 5.97 Å². The summed E-state index contributed by atoms with van der Waals surface area (Å²) < 4.78 is 0. The molecular weight excluding hydrogens is 372 g/mol. The first-order chi connectivity index (χ1) is 12.6. The van der Waals surface area contributed by atoms with Crippen molar-refractivity contribution >= 4 is 36.3 Å². The number of aliphatic carboxylic acids is 1. The van der Waals surface area contributed by atoms with Gasteiger partial charge in [-0.25, -0.2) is 4.79 Å². The molecular formula is C17H32N4O5S. The van der Waals surface area contributed by atoms with E-state index in [4.69, 9.17) is 5.73 Å². The van der Waals surface area contributed by atoms with Crippen LogP contribution in [0.3, 0.4) is 0 Å². The van der Waals surface area contributed by atoms with E-state index in [-0.39, 0.29) is 24.1 Å². The number of carbonyl (C=O) groups excluding carboxylic acids is 3. The van der Waals surface area contributed by atoms with Crippen LogP contribution in [0.25, 0.3) is 0 Å². The van der Waals surface area contributed by atoms with Crippen LogP contribution in [-0.4, -0.2) is 59.2 Å². The van der Waals surface area contributed by atoms with Crippen LogP contribution in [0.2, 0.25) is 0 Å². The van der Waals surface area contributed by atoms with Gasteiger partial charge in [0.25, 0.3) is 0 Å². The fourth-order valence-corrected chi connectivity index (χ4v) is 2.62. The van der Waals surface area contributed by atoms with Gasteiger partial charge in [-0.05, 0) is 18.3 Å². The summed E-state index contributed by atoms with van der Waals surface area (Å²) in [6.45, 7) is 7.06. The Morgan fingerprint density at radius 2 is 1.56 bits per heavy atom. The first-order valence-corrected chi connectivity index (χ1v) is 9.64. The molecule has 0 saturated carbocycles. The van der Waals surface area contributed by atoms with E-state index in [1.807, 2.05) is 20.8 Å². The molecule has 10 heteroatoms. The highest BCUT2D eigenvalue weighted by Crippen LogP contribution is 2.09. The summed E-state index contributed by atoms with van der Waals surface area (Å²) in [7, 11) is 0. The molecule has 0 bridgehead atoms. The molecule has 6 N–H and O–H groups in total. The second-order valence-corrected chi connectivity index (χ2v) is 7.27. The molecule has 0 spiro atoms. The van der Waals surface area contributed by atoms with Crippen molar-refractivity contribution in [3.63, 3.8) is 0 Å². The highest BCUT2D eigenvalue weighted by molar-refractivity contribution is 7.80. The van der Waals surface area contributed by atoms with E-state index in [0.29, 0.717) is 12.8 Å². The maximum atomic E-state index is 12.5. The lowest BCUT2D eigenvalue weighted by Gasteiger charge is -2.25. The molecule has 0 saturated heterocycles. The summed E-state index contributed by atoms with van der Waals surface area (Å²) in [6, 6.07) is -2.94. The SMILES string of the molecule is CCC(C)C(NC(=O)C(CS)NC(=O)C(CC(C)C)NC(=O)CN)C(=O)O. The fourth-order valence-electron chi connectivity index (χ4n) is 2.36. The van der Waals surface area contributed by atoms with E-state index < -0.39 is 41.8 Å². The van der Waals surface area contributed by atoms with Crippen molar-refractivity contribution in [1.29, 1.82) is 0 Å². The number of carbonyl (C=O) groups is 4. The van der Waals surface area contributed by atoms with Crippen molar-refractivity contribution in [2.75, 3.05) is 12.3 Å². The number of nitrogens with two attached hydrogens (primary N) is 1. The molecule has 3 amide bonds. The summed E-state index contributed by atoms with van der Waals surface area (Å²) in [4.78, 5) is 47.9. The Morgan fingerprint density at radius 3 is 1.96 bits per heavy atom. The zero-order valence-electron chi connectivity index (χ0n) is 16.3. The Labute approximate surface area is 165 Å². The van der Waals surface area contributed by atoms with Gasteiger partial charge in [0, 0.05) is 5.75 Å². The molecule has 0 radical (unpaired) electrons. The average molecular weight is 405 g/mol. The Hall–Kier alpha value is -1.81. The van der Waals surface area contributed by atoms with Gasteiger partial charge in [0.15, 0.2) is 0 Å². The first-order valence-electron chi connectivity index (χ1n) is 9.01. The van der Waals surface area contributed by atoms with Crippen molar-refractivity contribution in [1.82, 2.24) is 16.0 Å². The lowest BCUT2D eigenvalue weighted by Crippen LogP contribution is -2.57. The molecule has 4 atom stereocenters. The lowest BCUT2D eigenvalue weighted by molar-refractivity contribution is -0.143. The number of thiol groups is 1. The number of hydrogen-bond donors (Lipinski definition) is 6. The molecule has 0 rings (SSSR count). The molecule has 0 aromatic carbocycles. The van der Waals surface area contributed by atoms with Crippen LogP contribution in [0.15, 0.2) is 0 Å². The second kappa shape index (κ2) is 12.6. The van der Waals surface area contributed by atoms with Crippen LogP contribution in [0.4, 0.5) is 0 Å². The Kier molecular flexibility index (Phi) is 11.7. The van der Waals surface area contributed by atoms with E-state index >= 15 is 0 Å². The average Bonchev–Trinajstić information content (AvgIpc) is 2.61. The minimum absolute atomic E-state index is 0.0242. The standard InChI is InChI=1S/C17H32N4O5S/c1-5-10(4)14(17(25)26)21-16(24)12(8-27)20-15(23)11(6-9(2)3)19-13(22)7-18/h9-12,14,27H,5-8,18H2,1-4H3,(H,19,22)(H,20,23)(H,21,24)(H,25,26). The Bertz CT molecular complexity index is 529. The van der Waals surface area contributed by atoms with Crippen LogP contribution in [0.1, 0.15) is 40.5 Å². The van der Waals surface area contributed by atoms with Gasteiger partial charge in [0.1, 0.15) is 18.1 Å². The van der Waals surface area contributed by atoms with E-state index in [1.165, 1.54) is 0 Å². The number of carboxylic acid groups (broad SMARTS) is 1. The van der Waals surface area contributed by atoms with Crippen molar-refractivity contribution in [3.05, 3.63) is 0 Å². The summed E-state index contributed by atoms with van der Waals surface area (Å²) >= 11 is 4.07. The van der Waals surface area contributed by atoms with E-state index in [1.54, 1.807) is 6.92 Å². The van der Waals surface area contributed by atoms with Crippen LogP contribution >= 0.6 is 12.6 Å². The van der Waals surface area contributed by atoms with Crippen LogP contribution in [0.5, 0.6) is 0 Å². The Morgan fingerprint density at radius 1 is 1.00 bits per heavy atom. The van der Waals surface area contributed by atoms with Gasteiger partial charge in [-0.15, -0.1) is 0 Å². The third-order valence-electron chi connectivity index (χ3n) is 4.14. The van der Waals surface area contributed by atoms with Gasteiger partial charge in [-0.3, -0.25) is 14.4 Å². The number of amides is 3. The molecule has 0 aliphatic heterocycles. The molecule has 0 aromatic rings. The quantitative estimate of drug-likeness (QED) is 0.242. The maximum absolute atomic E-state index is 12.5. The Balaban J connectivity index is 5.13. The molecule has 0 fully saturated rings. The van der Waals surface area contributed by atoms with Crippen molar-refractivity contribution < 1.29 is 24.3 Å². The molecule has 0 heterocycles. The minimum atomic E-state index is -1.14. The summed E-state index contributed by atoms with van der Waals surface area (Å²) in [5, 5.41) is 16.8. The normalized spacial score (nSPS) is 15.4. The van der Waals surface area contributed by atoms with Crippen LogP contribution in [0, 0.1) is 11.8 Å². The molecule has 0 aliphatic carbocycles. The third kappa shape index (κ3) is 9.09. The van der Waals surface area contributed by atoms with Gasteiger partial charge in [-0.2, -0.15) is 12.6 Å². The monoisotopic (exact) mass is 404 g/mol. The molecule has 27 heavy (non-hydrogen) atoms. The number of nitrogens with one attached hydrogen (secondary N) is 3. The maximum Gasteiger partial charge on any atom is 0.326 e. The lowest BCUT2D eigenvalue weighted by atomic mass is 9.99. The highest BCUT2D eigenvalue weighted by atomic mass is 32.1. The second-order valence-electron chi connectivity index (χ2n) is 6.91. The summed E-state index contributed by atoms with van der Waals surface area (Å²) in [6.07, 6.45) is 0.930. The van der Waals surface area contributed by atoms with Crippen molar-refractivity contribution in [3.8, 4) is 0 Å². The number of rotatable bonds is 12. The van der Waals surface area contributed by atoms with Crippen molar-refractivity contribution in [2.24, 2.45) is 17.6 Å². The highest BCUT2D eigenvalue weighted by Gasteiger charge is 2.30. The summed E-state index contributed by atoms with van der Waals surface area (Å²) in [5.41, 5.74) is 5.28. The predicted molar refractivity (Wildman–Crippen MR) is 105 cm³/mol. The van der Waals surface area contributed by atoms with Crippen LogP contribution in [-0.2, 0) is 19.2 Å². The topological polar surface area (TPSA) is 151 Å². The van der Waals surface area contributed by atoms with E-state index in [9.17, 15) is 24.3 Å². The first kappa shape index (κ1) is 25.2. The summed E-state index contributed by atoms with van der Waals surface area (Å²) in [5.74, 6) is -3.00. The number of carboxylic acids is 1. The third-order valence-corrected chi connectivity index (χ3v) is 4.50. The van der Waals surface area contributed by atoms with E-state index in [0.717, 1.165) is 0 Å².